The number of hydrogen-bond acceptors (Lipinski definition) is 3. The molecule has 0 unspecified atom stereocenters. The highest BCUT2D eigenvalue weighted by atomic mass is 19.4. The molecule has 0 aliphatic rings. The van der Waals surface area contributed by atoms with E-state index in [0.717, 1.165) is 27.7 Å². The number of rotatable bonds is 5. The molecule has 0 amide bonds. The third-order valence-electron chi connectivity index (χ3n) is 4.58. The standard InChI is InChI=1S/C22H21F3N2O2/c1-14-10-11-18-17(12-14)19(16-8-6-5-7-9-16)26-27(18)13-21(3,4)20(28)29-15(2)22(23,24)25/h5-12H,2,13H2,1,3-4H3. The maximum atomic E-state index is 12.7. The van der Waals surface area contributed by atoms with Crippen LogP contribution in [0.1, 0.15) is 19.4 Å². The fourth-order valence-corrected chi connectivity index (χ4v) is 2.97. The van der Waals surface area contributed by atoms with Crippen LogP contribution >= 0.6 is 0 Å². The Morgan fingerprint density at radius 2 is 1.79 bits per heavy atom. The average Bonchev–Trinajstić information content (AvgIpc) is 2.98. The predicted octanol–water partition coefficient (Wildman–Crippen LogP) is 5.66. The number of allylic oxidation sites excluding steroid dienone is 1. The molecule has 0 saturated heterocycles. The largest absolute Gasteiger partial charge is 0.449 e. The van der Waals surface area contributed by atoms with Gasteiger partial charge in [0.1, 0.15) is 5.69 Å². The Kier molecular flexibility index (Phi) is 5.26. The van der Waals surface area contributed by atoms with Crippen LogP contribution < -0.4 is 0 Å². The van der Waals surface area contributed by atoms with E-state index in [4.69, 9.17) is 0 Å². The molecule has 0 atom stereocenters. The number of carbonyl (C=O) groups excluding carboxylic acids is 1. The first kappa shape index (κ1) is 20.6. The molecule has 3 aromatic rings. The number of esters is 1. The molecule has 3 rings (SSSR count). The highest BCUT2D eigenvalue weighted by molar-refractivity contribution is 5.94. The maximum Gasteiger partial charge on any atom is 0.449 e. The van der Waals surface area contributed by atoms with E-state index in [-0.39, 0.29) is 6.54 Å². The first-order valence-corrected chi connectivity index (χ1v) is 9.00. The molecule has 0 bridgehead atoms. The van der Waals surface area contributed by atoms with Gasteiger partial charge in [0.2, 0.25) is 5.76 Å². The number of halogens is 3. The molecule has 2 aromatic carbocycles. The van der Waals surface area contributed by atoms with E-state index in [2.05, 4.69) is 16.4 Å². The fourth-order valence-electron chi connectivity index (χ4n) is 2.97. The average molecular weight is 402 g/mol. The number of nitrogens with zero attached hydrogens (tertiary/aromatic N) is 2. The van der Waals surface area contributed by atoms with Crippen molar-refractivity contribution in [2.75, 3.05) is 0 Å². The van der Waals surface area contributed by atoms with Gasteiger partial charge in [0.05, 0.1) is 17.5 Å². The van der Waals surface area contributed by atoms with Gasteiger partial charge in [-0.2, -0.15) is 18.3 Å². The monoisotopic (exact) mass is 402 g/mol. The lowest BCUT2D eigenvalue weighted by Crippen LogP contribution is -2.33. The normalized spacial score (nSPS) is 12.2. The first-order valence-electron chi connectivity index (χ1n) is 9.00. The predicted molar refractivity (Wildman–Crippen MR) is 105 cm³/mol. The van der Waals surface area contributed by atoms with E-state index in [0.29, 0.717) is 0 Å². The minimum absolute atomic E-state index is 0.0450. The summed E-state index contributed by atoms with van der Waals surface area (Å²) in [5.74, 6) is -2.54. The number of aromatic nitrogens is 2. The Morgan fingerprint density at radius 3 is 2.41 bits per heavy atom. The summed E-state index contributed by atoms with van der Waals surface area (Å²) < 4.78 is 44.1. The van der Waals surface area contributed by atoms with Gasteiger partial charge in [-0.1, -0.05) is 48.5 Å². The van der Waals surface area contributed by atoms with Gasteiger partial charge in [-0.25, -0.2) is 0 Å². The summed E-state index contributed by atoms with van der Waals surface area (Å²) in [6.07, 6.45) is -4.79. The lowest BCUT2D eigenvalue weighted by Gasteiger charge is -2.23. The zero-order valence-corrected chi connectivity index (χ0v) is 16.4. The zero-order chi connectivity index (χ0) is 21.4. The van der Waals surface area contributed by atoms with E-state index in [1.165, 1.54) is 13.8 Å². The minimum Gasteiger partial charge on any atom is -0.422 e. The Hall–Kier alpha value is -3.09. The number of fused-ring (bicyclic) bond motifs is 1. The van der Waals surface area contributed by atoms with Crippen LogP contribution in [-0.4, -0.2) is 21.9 Å². The maximum absolute atomic E-state index is 12.7. The molecule has 0 N–H and O–H groups in total. The van der Waals surface area contributed by atoms with Crippen molar-refractivity contribution in [3.8, 4) is 11.3 Å². The van der Waals surface area contributed by atoms with Crippen molar-refractivity contribution in [3.63, 3.8) is 0 Å². The first-order chi connectivity index (χ1) is 13.5. The van der Waals surface area contributed by atoms with Gasteiger partial charge in [0.25, 0.3) is 0 Å². The van der Waals surface area contributed by atoms with Crippen LogP contribution in [0.3, 0.4) is 0 Å². The van der Waals surface area contributed by atoms with Crippen LogP contribution in [0, 0.1) is 12.3 Å². The molecule has 7 heteroatoms. The van der Waals surface area contributed by atoms with E-state index in [9.17, 15) is 18.0 Å². The molecule has 152 valence electrons. The molecular formula is C22H21F3N2O2. The number of benzene rings is 2. The van der Waals surface area contributed by atoms with E-state index >= 15 is 0 Å². The number of hydrogen-bond donors (Lipinski definition) is 0. The van der Waals surface area contributed by atoms with Crippen LogP contribution in [-0.2, 0) is 16.1 Å². The summed E-state index contributed by atoms with van der Waals surface area (Å²) in [5, 5.41) is 5.56. The molecule has 0 spiro atoms. The van der Waals surface area contributed by atoms with Crippen molar-refractivity contribution in [3.05, 3.63) is 66.4 Å². The van der Waals surface area contributed by atoms with E-state index < -0.39 is 23.3 Å². The van der Waals surface area contributed by atoms with Gasteiger partial charge in [-0.05, 0) is 32.9 Å². The third kappa shape index (κ3) is 4.34. The molecule has 0 aliphatic carbocycles. The summed E-state index contributed by atoms with van der Waals surface area (Å²) >= 11 is 0. The van der Waals surface area contributed by atoms with Gasteiger partial charge in [0.15, 0.2) is 0 Å². The van der Waals surface area contributed by atoms with Crippen LogP contribution in [0.2, 0.25) is 0 Å². The van der Waals surface area contributed by atoms with E-state index in [1.807, 2.05) is 55.5 Å². The van der Waals surface area contributed by atoms with Gasteiger partial charge in [-0.15, -0.1) is 0 Å². The quantitative estimate of drug-likeness (QED) is 0.409. The Labute approximate surface area is 166 Å². The molecule has 29 heavy (non-hydrogen) atoms. The topological polar surface area (TPSA) is 44.1 Å². The second-order valence-corrected chi connectivity index (χ2v) is 7.59. The smallest absolute Gasteiger partial charge is 0.422 e. The summed E-state index contributed by atoms with van der Waals surface area (Å²) in [6.45, 7) is 7.85. The fraction of sp³-hybridized carbons (Fsp3) is 0.273. The Bertz CT molecular complexity index is 1070. The molecule has 0 aliphatic heterocycles. The number of alkyl halides is 3. The van der Waals surface area contributed by atoms with Crippen LogP contribution in [0.25, 0.3) is 22.2 Å². The zero-order valence-electron chi connectivity index (χ0n) is 16.4. The lowest BCUT2D eigenvalue weighted by molar-refractivity contribution is -0.168. The second kappa shape index (κ2) is 7.39. The SMILES string of the molecule is C=C(OC(=O)C(C)(C)Cn1nc(-c2ccccc2)c2cc(C)ccc21)C(F)(F)F. The summed E-state index contributed by atoms with van der Waals surface area (Å²) in [4.78, 5) is 12.4. The number of carbonyl (C=O) groups is 1. The van der Waals surface area contributed by atoms with Crippen molar-refractivity contribution in [2.45, 2.75) is 33.5 Å². The van der Waals surface area contributed by atoms with E-state index in [1.54, 1.807) is 4.68 Å². The highest BCUT2D eigenvalue weighted by Crippen LogP contribution is 2.32. The molecule has 0 radical (unpaired) electrons. The van der Waals surface area contributed by atoms with Gasteiger partial charge in [-0.3, -0.25) is 9.48 Å². The minimum atomic E-state index is -4.79. The highest BCUT2D eigenvalue weighted by Gasteiger charge is 2.39. The number of ether oxygens (including phenoxy) is 1. The van der Waals surface area contributed by atoms with Crippen molar-refractivity contribution in [2.24, 2.45) is 5.41 Å². The molecule has 4 nitrogen and oxygen atoms in total. The van der Waals surface area contributed by atoms with Crippen molar-refractivity contribution in [1.29, 1.82) is 0 Å². The van der Waals surface area contributed by atoms with Gasteiger partial charge in [0, 0.05) is 10.9 Å². The van der Waals surface area contributed by atoms with Gasteiger partial charge >= 0.3 is 12.1 Å². The third-order valence-corrected chi connectivity index (χ3v) is 4.58. The van der Waals surface area contributed by atoms with Crippen LogP contribution in [0.4, 0.5) is 13.2 Å². The summed E-state index contributed by atoms with van der Waals surface area (Å²) in [6, 6.07) is 15.4. The molecular weight excluding hydrogens is 381 g/mol. The van der Waals surface area contributed by atoms with Crippen LogP contribution in [0.15, 0.2) is 60.9 Å². The Balaban J connectivity index is 1.98. The molecule has 0 saturated carbocycles. The number of aryl methyl sites for hydroxylation is 1. The van der Waals surface area contributed by atoms with Crippen LogP contribution in [0.5, 0.6) is 0 Å². The summed E-state index contributed by atoms with van der Waals surface area (Å²) in [5.41, 5.74) is 2.23. The summed E-state index contributed by atoms with van der Waals surface area (Å²) in [7, 11) is 0. The van der Waals surface area contributed by atoms with Crippen molar-refractivity contribution in [1.82, 2.24) is 9.78 Å². The second-order valence-electron chi connectivity index (χ2n) is 7.59. The van der Waals surface area contributed by atoms with Crippen molar-refractivity contribution < 1.29 is 22.7 Å². The molecule has 0 fully saturated rings. The molecule has 1 heterocycles. The molecule has 1 aromatic heterocycles. The Morgan fingerprint density at radius 1 is 1.14 bits per heavy atom. The lowest BCUT2D eigenvalue weighted by atomic mass is 9.93. The van der Waals surface area contributed by atoms with Crippen molar-refractivity contribution >= 4 is 16.9 Å². The van der Waals surface area contributed by atoms with Gasteiger partial charge < -0.3 is 4.74 Å².